The summed E-state index contributed by atoms with van der Waals surface area (Å²) in [7, 11) is 0. The fraction of sp³-hybridized carbons (Fsp3) is 0.300. The summed E-state index contributed by atoms with van der Waals surface area (Å²) >= 11 is 0. The van der Waals surface area contributed by atoms with Crippen LogP contribution in [0, 0.1) is 6.57 Å². The molecule has 0 fully saturated rings. The fourth-order valence-electron chi connectivity index (χ4n) is 1.67. The molecule has 0 saturated carbocycles. The predicted octanol–water partition coefficient (Wildman–Crippen LogP) is 2.59. The van der Waals surface area contributed by atoms with Gasteiger partial charge in [0.25, 0.3) is 0 Å². The predicted molar refractivity (Wildman–Crippen MR) is 44.1 cm³/mol. The van der Waals surface area contributed by atoms with E-state index in [1.165, 1.54) is 11.1 Å². The Labute approximate surface area is 66.5 Å². The van der Waals surface area contributed by atoms with Crippen LogP contribution in [0.25, 0.3) is 4.85 Å². The van der Waals surface area contributed by atoms with E-state index in [-0.39, 0.29) is 6.04 Å². The highest BCUT2D eigenvalue weighted by atomic mass is 14.7. The van der Waals surface area contributed by atoms with Crippen molar-refractivity contribution in [1.29, 1.82) is 0 Å². The van der Waals surface area contributed by atoms with E-state index in [1.54, 1.807) is 0 Å². The van der Waals surface area contributed by atoms with Crippen LogP contribution < -0.4 is 0 Å². The number of hydrogen-bond donors (Lipinski definition) is 0. The minimum absolute atomic E-state index is 0.145. The van der Waals surface area contributed by atoms with Crippen LogP contribution in [0.2, 0.25) is 0 Å². The Morgan fingerprint density at radius 1 is 1.36 bits per heavy atom. The molecule has 0 saturated heterocycles. The van der Waals surface area contributed by atoms with Crippen molar-refractivity contribution < 1.29 is 0 Å². The monoisotopic (exact) mass is 143 g/mol. The van der Waals surface area contributed by atoms with Crippen molar-refractivity contribution in [3.63, 3.8) is 0 Å². The number of hydrogen-bond acceptors (Lipinski definition) is 0. The van der Waals surface area contributed by atoms with Crippen molar-refractivity contribution in [3.05, 3.63) is 46.8 Å². The lowest BCUT2D eigenvalue weighted by Crippen LogP contribution is -1.83. The molecule has 0 heterocycles. The Balaban J connectivity index is 2.49. The molecule has 1 atom stereocenters. The lowest BCUT2D eigenvalue weighted by atomic mass is 10.1. The van der Waals surface area contributed by atoms with E-state index in [0.29, 0.717) is 0 Å². The third kappa shape index (κ3) is 0.914. The van der Waals surface area contributed by atoms with Gasteiger partial charge in [-0.1, -0.05) is 24.3 Å². The first-order chi connectivity index (χ1) is 5.42. The Bertz CT molecular complexity index is 309. The van der Waals surface area contributed by atoms with Crippen LogP contribution in [0.3, 0.4) is 0 Å². The molecule has 0 radical (unpaired) electrons. The summed E-state index contributed by atoms with van der Waals surface area (Å²) in [6, 6.07) is 8.41. The molecule has 0 spiro atoms. The van der Waals surface area contributed by atoms with Gasteiger partial charge in [0.05, 0.1) is 0 Å². The van der Waals surface area contributed by atoms with Gasteiger partial charge >= 0.3 is 0 Å². The Morgan fingerprint density at radius 2 is 2.18 bits per heavy atom. The van der Waals surface area contributed by atoms with Crippen LogP contribution in [0.1, 0.15) is 23.6 Å². The third-order valence-electron chi connectivity index (χ3n) is 2.26. The van der Waals surface area contributed by atoms with Crippen molar-refractivity contribution in [2.75, 3.05) is 0 Å². The summed E-state index contributed by atoms with van der Waals surface area (Å²) in [6.45, 7) is 6.96. The number of aryl methyl sites for hydroxylation is 1. The smallest absolute Gasteiger partial charge is 0.249 e. The maximum absolute atomic E-state index is 6.96. The van der Waals surface area contributed by atoms with Crippen molar-refractivity contribution in [2.45, 2.75) is 18.9 Å². The molecule has 0 aliphatic heterocycles. The third-order valence-corrected chi connectivity index (χ3v) is 2.26. The van der Waals surface area contributed by atoms with Crippen molar-refractivity contribution in [3.8, 4) is 0 Å². The molecule has 2 rings (SSSR count). The summed E-state index contributed by atoms with van der Waals surface area (Å²) in [5.41, 5.74) is 2.62. The Morgan fingerprint density at radius 3 is 3.00 bits per heavy atom. The zero-order valence-electron chi connectivity index (χ0n) is 6.25. The second-order valence-corrected chi connectivity index (χ2v) is 2.88. The zero-order chi connectivity index (χ0) is 7.68. The van der Waals surface area contributed by atoms with Crippen LogP contribution in [0.4, 0.5) is 0 Å². The van der Waals surface area contributed by atoms with Gasteiger partial charge in [0.1, 0.15) is 0 Å². The van der Waals surface area contributed by atoms with E-state index < -0.39 is 0 Å². The highest BCUT2D eigenvalue weighted by Gasteiger charge is 2.25. The summed E-state index contributed by atoms with van der Waals surface area (Å²) in [4.78, 5) is 3.58. The minimum atomic E-state index is 0.145. The number of nitrogens with zero attached hydrogens (tertiary/aromatic N) is 1. The fourth-order valence-corrected chi connectivity index (χ4v) is 1.67. The van der Waals surface area contributed by atoms with Gasteiger partial charge in [-0.15, -0.1) is 0 Å². The summed E-state index contributed by atoms with van der Waals surface area (Å²) in [5.74, 6) is 0. The van der Waals surface area contributed by atoms with Gasteiger partial charge in [-0.25, -0.2) is 6.57 Å². The van der Waals surface area contributed by atoms with Gasteiger partial charge in [0.2, 0.25) is 6.04 Å². The number of benzene rings is 1. The first-order valence-corrected chi connectivity index (χ1v) is 3.86. The molecule has 1 aliphatic carbocycles. The lowest BCUT2D eigenvalue weighted by Gasteiger charge is -1.96. The second-order valence-electron chi connectivity index (χ2n) is 2.88. The van der Waals surface area contributed by atoms with Crippen LogP contribution in [-0.2, 0) is 6.42 Å². The lowest BCUT2D eigenvalue weighted by molar-refractivity contribution is 0.810. The van der Waals surface area contributed by atoms with Crippen molar-refractivity contribution in [2.24, 2.45) is 0 Å². The molecular formula is C10H9N. The van der Waals surface area contributed by atoms with Gasteiger partial charge in [-0.05, 0) is 12.0 Å². The molecule has 1 heteroatoms. The average molecular weight is 143 g/mol. The quantitative estimate of drug-likeness (QED) is 0.492. The topological polar surface area (TPSA) is 4.36 Å². The van der Waals surface area contributed by atoms with E-state index in [4.69, 9.17) is 6.57 Å². The van der Waals surface area contributed by atoms with E-state index in [2.05, 4.69) is 17.0 Å². The molecule has 1 aliphatic rings. The molecular weight excluding hydrogens is 134 g/mol. The highest BCUT2D eigenvalue weighted by molar-refractivity contribution is 5.35. The first-order valence-electron chi connectivity index (χ1n) is 3.86. The van der Waals surface area contributed by atoms with Gasteiger partial charge in [0, 0.05) is 12.0 Å². The van der Waals surface area contributed by atoms with Crippen LogP contribution in [-0.4, -0.2) is 0 Å². The molecule has 0 unspecified atom stereocenters. The minimum Gasteiger partial charge on any atom is -0.308 e. The largest absolute Gasteiger partial charge is 0.308 e. The van der Waals surface area contributed by atoms with Gasteiger partial charge < -0.3 is 4.85 Å². The van der Waals surface area contributed by atoms with Crippen molar-refractivity contribution >= 4 is 0 Å². The van der Waals surface area contributed by atoms with Gasteiger partial charge in [0.15, 0.2) is 0 Å². The summed E-state index contributed by atoms with van der Waals surface area (Å²) in [5, 5.41) is 0. The second kappa shape index (κ2) is 2.39. The van der Waals surface area contributed by atoms with Crippen molar-refractivity contribution in [1.82, 2.24) is 0 Å². The zero-order valence-corrected chi connectivity index (χ0v) is 6.25. The molecule has 0 bridgehead atoms. The van der Waals surface area contributed by atoms with E-state index >= 15 is 0 Å². The maximum atomic E-state index is 6.96. The van der Waals surface area contributed by atoms with Crippen LogP contribution >= 0.6 is 0 Å². The van der Waals surface area contributed by atoms with Crippen LogP contribution in [0.15, 0.2) is 24.3 Å². The number of rotatable bonds is 0. The highest BCUT2D eigenvalue weighted by Crippen LogP contribution is 2.33. The SMILES string of the molecule is [C-]#[N+][C@@H]1CCc2ccccc21. The molecule has 0 aromatic heterocycles. The average Bonchev–Trinajstić information content (AvgIpc) is 2.47. The summed E-state index contributed by atoms with van der Waals surface area (Å²) in [6.07, 6.45) is 2.10. The molecule has 0 amide bonds. The Hall–Kier alpha value is -1.29. The van der Waals surface area contributed by atoms with E-state index in [9.17, 15) is 0 Å². The van der Waals surface area contributed by atoms with E-state index in [0.717, 1.165) is 12.8 Å². The number of fused-ring (bicyclic) bond motifs is 1. The van der Waals surface area contributed by atoms with Crippen LogP contribution in [0.5, 0.6) is 0 Å². The molecule has 0 N–H and O–H groups in total. The molecule has 1 nitrogen and oxygen atoms in total. The molecule has 54 valence electrons. The van der Waals surface area contributed by atoms with Gasteiger partial charge in [-0.3, -0.25) is 0 Å². The molecule has 11 heavy (non-hydrogen) atoms. The molecule has 1 aromatic carbocycles. The van der Waals surface area contributed by atoms with E-state index in [1.807, 2.05) is 12.1 Å². The molecule has 1 aromatic rings. The standard InChI is InChI=1S/C10H9N/c1-11-10-7-6-8-4-2-3-5-9(8)10/h2-5,10H,6-7H2/t10-/m1/s1. The maximum Gasteiger partial charge on any atom is 0.249 e. The van der Waals surface area contributed by atoms with Gasteiger partial charge in [-0.2, -0.15) is 0 Å². The first kappa shape index (κ1) is 6.42. The normalized spacial score (nSPS) is 20.8. The summed E-state index contributed by atoms with van der Waals surface area (Å²) < 4.78 is 0. The Kier molecular flexibility index (Phi) is 1.40.